The number of carboxylic acid groups (broad SMARTS) is 1. The summed E-state index contributed by atoms with van der Waals surface area (Å²) in [6.07, 6.45) is 2.57. The standard InChI is InChI=1S/C16H22N2O3/c1-2-9-16(15(20)21)10-6-11-18(16)14(19)12-17-13-7-4-3-5-8-13/h3-5,7-8,17H,2,6,9-12H2,1H3,(H,20,21). The summed E-state index contributed by atoms with van der Waals surface area (Å²) in [4.78, 5) is 25.7. The average molecular weight is 290 g/mol. The van der Waals surface area contributed by atoms with Gasteiger partial charge in [-0.2, -0.15) is 0 Å². The number of carbonyl (C=O) groups excluding carboxylic acids is 1. The molecule has 5 heteroatoms. The molecule has 1 aromatic rings. The number of carbonyl (C=O) groups is 2. The first kappa shape index (κ1) is 15.4. The monoisotopic (exact) mass is 290 g/mol. The van der Waals surface area contributed by atoms with Crippen LogP contribution in [0.3, 0.4) is 0 Å². The summed E-state index contributed by atoms with van der Waals surface area (Å²) in [6, 6.07) is 9.45. The Kier molecular flexibility index (Phi) is 4.83. The summed E-state index contributed by atoms with van der Waals surface area (Å²) in [7, 11) is 0. The maximum Gasteiger partial charge on any atom is 0.329 e. The van der Waals surface area contributed by atoms with E-state index in [0.29, 0.717) is 19.4 Å². The zero-order valence-electron chi connectivity index (χ0n) is 12.3. The molecule has 1 unspecified atom stereocenters. The maximum absolute atomic E-state index is 12.4. The fraction of sp³-hybridized carbons (Fsp3) is 0.500. The predicted octanol–water partition coefficient (Wildman–Crippen LogP) is 2.34. The Morgan fingerprint density at radius 2 is 2.05 bits per heavy atom. The van der Waals surface area contributed by atoms with Crippen LogP contribution in [-0.2, 0) is 9.59 Å². The molecule has 1 amide bonds. The number of benzene rings is 1. The predicted molar refractivity (Wildman–Crippen MR) is 81.2 cm³/mol. The SMILES string of the molecule is CCCC1(C(=O)O)CCCN1C(=O)CNc1ccccc1. The average Bonchev–Trinajstić information content (AvgIpc) is 2.91. The van der Waals surface area contributed by atoms with Crippen molar-refractivity contribution in [3.63, 3.8) is 0 Å². The number of rotatable bonds is 6. The molecule has 5 nitrogen and oxygen atoms in total. The van der Waals surface area contributed by atoms with Gasteiger partial charge < -0.3 is 15.3 Å². The first-order valence-electron chi connectivity index (χ1n) is 7.43. The number of anilines is 1. The summed E-state index contributed by atoms with van der Waals surface area (Å²) in [6.45, 7) is 2.61. The highest BCUT2D eigenvalue weighted by molar-refractivity contribution is 5.89. The third kappa shape index (κ3) is 3.17. The van der Waals surface area contributed by atoms with E-state index in [1.54, 1.807) is 4.90 Å². The summed E-state index contributed by atoms with van der Waals surface area (Å²) < 4.78 is 0. The van der Waals surface area contributed by atoms with Gasteiger partial charge in [-0.15, -0.1) is 0 Å². The largest absolute Gasteiger partial charge is 0.479 e. The number of likely N-dealkylation sites (tertiary alicyclic amines) is 1. The van der Waals surface area contributed by atoms with Gasteiger partial charge in [0.2, 0.25) is 5.91 Å². The van der Waals surface area contributed by atoms with Crippen molar-refractivity contribution in [1.82, 2.24) is 4.90 Å². The lowest BCUT2D eigenvalue weighted by Gasteiger charge is -2.34. The van der Waals surface area contributed by atoms with Crippen molar-refractivity contribution in [2.75, 3.05) is 18.4 Å². The van der Waals surface area contributed by atoms with Crippen LogP contribution in [0.2, 0.25) is 0 Å². The first-order valence-corrected chi connectivity index (χ1v) is 7.43. The molecule has 0 spiro atoms. The van der Waals surface area contributed by atoms with Crippen LogP contribution in [0.4, 0.5) is 5.69 Å². The molecule has 0 aliphatic carbocycles. The minimum absolute atomic E-state index is 0.128. The first-order chi connectivity index (χ1) is 10.1. The Hall–Kier alpha value is -2.04. The number of hydrogen-bond donors (Lipinski definition) is 2. The Bertz CT molecular complexity index is 504. The Morgan fingerprint density at radius 1 is 1.33 bits per heavy atom. The lowest BCUT2D eigenvalue weighted by Crippen LogP contribution is -2.54. The molecule has 0 aromatic heterocycles. The summed E-state index contributed by atoms with van der Waals surface area (Å²) in [5, 5.41) is 12.6. The van der Waals surface area contributed by atoms with Gasteiger partial charge in [-0.05, 0) is 31.4 Å². The molecule has 1 heterocycles. The van der Waals surface area contributed by atoms with Crippen molar-refractivity contribution in [3.05, 3.63) is 30.3 Å². The summed E-state index contributed by atoms with van der Waals surface area (Å²) in [5.74, 6) is -1.03. The molecular formula is C16H22N2O3. The zero-order chi connectivity index (χ0) is 15.3. The fourth-order valence-electron chi connectivity index (χ4n) is 3.07. The van der Waals surface area contributed by atoms with E-state index >= 15 is 0 Å². The van der Waals surface area contributed by atoms with Crippen LogP contribution >= 0.6 is 0 Å². The molecule has 2 N–H and O–H groups in total. The van der Waals surface area contributed by atoms with Crippen molar-refractivity contribution in [1.29, 1.82) is 0 Å². The second kappa shape index (κ2) is 6.61. The second-order valence-electron chi connectivity index (χ2n) is 5.46. The normalized spacial score (nSPS) is 21.3. The van der Waals surface area contributed by atoms with E-state index in [2.05, 4.69) is 5.32 Å². The quantitative estimate of drug-likeness (QED) is 0.843. The van der Waals surface area contributed by atoms with E-state index in [-0.39, 0.29) is 12.5 Å². The third-order valence-electron chi connectivity index (χ3n) is 4.07. The molecule has 21 heavy (non-hydrogen) atoms. The minimum Gasteiger partial charge on any atom is -0.479 e. The van der Waals surface area contributed by atoms with Gasteiger partial charge in [-0.3, -0.25) is 4.79 Å². The molecule has 1 aromatic carbocycles. The molecule has 1 saturated heterocycles. The van der Waals surface area contributed by atoms with Crippen LogP contribution in [0.5, 0.6) is 0 Å². The van der Waals surface area contributed by atoms with Gasteiger partial charge in [0.15, 0.2) is 0 Å². The molecule has 1 fully saturated rings. The molecule has 1 aliphatic heterocycles. The molecule has 114 valence electrons. The Labute approximate surface area is 125 Å². The zero-order valence-corrected chi connectivity index (χ0v) is 12.3. The third-order valence-corrected chi connectivity index (χ3v) is 4.07. The van der Waals surface area contributed by atoms with Crippen molar-refractivity contribution >= 4 is 17.6 Å². The van der Waals surface area contributed by atoms with E-state index in [4.69, 9.17) is 0 Å². The topological polar surface area (TPSA) is 69.6 Å². The highest BCUT2D eigenvalue weighted by Crippen LogP contribution is 2.34. The Balaban J connectivity index is 2.05. The maximum atomic E-state index is 12.4. The van der Waals surface area contributed by atoms with Gasteiger partial charge >= 0.3 is 5.97 Å². The lowest BCUT2D eigenvalue weighted by molar-refractivity contribution is -0.156. The summed E-state index contributed by atoms with van der Waals surface area (Å²) in [5.41, 5.74) is -0.147. The van der Waals surface area contributed by atoms with Gasteiger partial charge in [-0.1, -0.05) is 31.5 Å². The number of para-hydroxylation sites is 1. The second-order valence-corrected chi connectivity index (χ2v) is 5.46. The van der Waals surface area contributed by atoms with Crippen molar-refractivity contribution in [3.8, 4) is 0 Å². The van der Waals surface area contributed by atoms with Crippen molar-refractivity contribution in [2.24, 2.45) is 0 Å². The fourth-order valence-corrected chi connectivity index (χ4v) is 3.07. The van der Waals surface area contributed by atoms with Crippen LogP contribution in [0.25, 0.3) is 0 Å². The smallest absolute Gasteiger partial charge is 0.329 e. The van der Waals surface area contributed by atoms with Crippen molar-refractivity contribution in [2.45, 2.75) is 38.1 Å². The van der Waals surface area contributed by atoms with Crippen LogP contribution in [0.1, 0.15) is 32.6 Å². The molecule has 0 radical (unpaired) electrons. The van der Waals surface area contributed by atoms with Gasteiger partial charge in [0.1, 0.15) is 5.54 Å². The van der Waals surface area contributed by atoms with E-state index < -0.39 is 11.5 Å². The number of aliphatic carboxylic acids is 1. The van der Waals surface area contributed by atoms with Crippen LogP contribution in [0, 0.1) is 0 Å². The van der Waals surface area contributed by atoms with E-state index in [9.17, 15) is 14.7 Å². The number of hydrogen-bond acceptors (Lipinski definition) is 3. The van der Waals surface area contributed by atoms with Crippen LogP contribution in [-0.4, -0.2) is 40.5 Å². The number of nitrogens with one attached hydrogen (secondary N) is 1. The van der Waals surface area contributed by atoms with Gasteiger partial charge in [0.25, 0.3) is 0 Å². The van der Waals surface area contributed by atoms with E-state index in [0.717, 1.165) is 18.5 Å². The lowest BCUT2D eigenvalue weighted by atomic mass is 9.90. The summed E-state index contributed by atoms with van der Waals surface area (Å²) >= 11 is 0. The van der Waals surface area contributed by atoms with E-state index in [1.165, 1.54) is 0 Å². The molecular weight excluding hydrogens is 268 g/mol. The van der Waals surface area contributed by atoms with Crippen LogP contribution in [0.15, 0.2) is 30.3 Å². The van der Waals surface area contributed by atoms with Gasteiger partial charge in [0, 0.05) is 12.2 Å². The van der Waals surface area contributed by atoms with Gasteiger partial charge in [-0.25, -0.2) is 4.79 Å². The van der Waals surface area contributed by atoms with Crippen molar-refractivity contribution < 1.29 is 14.7 Å². The molecule has 1 atom stereocenters. The van der Waals surface area contributed by atoms with Crippen LogP contribution < -0.4 is 5.32 Å². The molecule has 1 aliphatic rings. The minimum atomic E-state index is -1.01. The molecule has 0 bridgehead atoms. The number of nitrogens with zero attached hydrogens (tertiary/aromatic N) is 1. The number of carboxylic acids is 1. The molecule has 0 saturated carbocycles. The van der Waals surface area contributed by atoms with E-state index in [1.807, 2.05) is 37.3 Å². The molecule has 2 rings (SSSR count). The highest BCUT2D eigenvalue weighted by atomic mass is 16.4. The number of amides is 1. The Morgan fingerprint density at radius 3 is 2.67 bits per heavy atom. The highest BCUT2D eigenvalue weighted by Gasteiger charge is 2.48. The van der Waals surface area contributed by atoms with Gasteiger partial charge in [0.05, 0.1) is 6.54 Å².